The Morgan fingerprint density at radius 3 is 0.952 bits per heavy atom. The van der Waals surface area contributed by atoms with Gasteiger partial charge in [0, 0.05) is 20.4 Å². The van der Waals surface area contributed by atoms with Gasteiger partial charge >= 0.3 is 155 Å². The zero-order chi connectivity index (χ0) is 13.8. The van der Waals surface area contributed by atoms with Crippen molar-refractivity contribution >= 4 is 64.3 Å². The van der Waals surface area contributed by atoms with E-state index in [0.29, 0.717) is 0 Å². The minimum atomic E-state index is -1.69. The Labute approximate surface area is 173 Å². The van der Waals surface area contributed by atoms with E-state index in [1.807, 2.05) is 0 Å². The Morgan fingerprint density at radius 2 is 0.714 bits per heavy atom. The summed E-state index contributed by atoms with van der Waals surface area (Å²) in [6, 6.07) is 33.3. The smallest absolute Gasteiger partial charge is 0 e. The standard InChI is InChI=1S/C18H15P.K.Pd/c1-4-10-16(11-5-1)19(17-12-6-2-7-13-17)18-14-8-3-9-15-18;;/h1-15H;;/q;-1;/p+1. The zero-order valence-corrected chi connectivity index (χ0v) is 17.7. The first-order valence-corrected chi connectivity index (χ1v) is 14.2. The minimum absolute atomic E-state index is 0. The van der Waals surface area contributed by atoms with Crippen LogP contribution >= 0.6 is 0.345 Å². The minimum Gasteiger partial charge on any atom is 0 e. The summed E-state index contributed by atoms with van der Waals surface area (Å²) in [7, 11) is 0. The predicted octanol–water partition coefficient (Wildman–Crippen LogP) is 2.79. The van der Waals surface area contributed by atoms with E-state index < -0.39 is 0.345 Å². The van der Waals surface area contributed by atoms with Gasteiger partial charge in [-0.3, -0.25) is 0 Å². The fourth-order valence-electron chi connectivity index (χ4n) is 2.81. The van der Waals surface area contributed by atoms with E-state index in [4.69, 9.17) is 0 Å². The molecule has 3 rings (SSSR count). The predicted molar refractivity (Wildman–Crippen MR) is 92.3 cm³/mol. The van der Waals surface area contributed by atoms with Crippen LogP contribution in [-0.4, -0.2) is 48.1 Å². The average Bonchev–Trinajstić information content (AvgIpc) is 2.56. The molecule has 0 amide bonds. The molecule has 3 heteroatoms. The Kier molecular flexibility index (Phi) is 7.01. The van der Waals surface area contributed by atoms with Gasteiger partial charge < -0.3 is 0 Å². The van der Waals surface area contributed by atoms with Crippen molar-refractivity contribution in [1.82, 2.24) is 0 Å². The molecule has 0 unspecified atom stereocenters. The third-order valence-corrected chi connectivity index (χ3v) is 16.6. The molecule has 0 heterocycles. The fourth-order valence-corrected chi connectivity index (χ4v) is 11.1. The number of rotatable bonds is 3. The normalized spacial score (nSPS) is 11.5. The topological polar surface area (TPSA) is 0 Å². The molecule has 0 N–H and O–H groups in total. The summed E-state index contributed by atoms with van der Waals surface area (Å²) >= 11 is 0.726. The van der Waals surface area contributed by atoms with E-state index >= 15 is 0 Å². The molecule has 3 aromatic rings. The summed E-state index contributed by atoms with van der Waals surface area (Å²) in [6.45, 7) is 0. The van der Waals surface area contributed by atoms with Crippen LogP contribution in [0.3, 0.4) is 0 Å². The van der Waals surface area contributed by atoms with E-state index in [1.54, 1.807) is 0 Å². The van der Waals surface area contributed by atoms with Crippen LogP contribution in [0.5, 0.6) is 0 Å². The number of benzene rings is 3. The van der Waals surface area contributed by atoms with Gasteiger partial charge in [-0.05, 0) is 0 Å². The Hall–Kier alpha value is 0.389. The molecule has 0 nitrogen and oxygen atoms in total. The molecule has 21 heavy (non-hydrogen) atoms. The van der Waals surface area contributed by atoms with Crippen LogP contribution in [0.25, 0.3) is 0 Å². The van der Waals surface area contributed by atoms with Gasteiger partial charge in [0.2, 0.25) is 0 Å². The van der Waals surface area contributed by atoms with Gasteiger partial charge in [-0.1, -0.05) is 0 Å². The summed E-state index contributed by atoms with van der Waals surface area (Å²) in [5.41, 5.74) is 0. The van der Waals surface area contributed by atoms with Gasteiger partial charge in [-0.2, -0.15) is 0 Å². The van der Waals surface area contributed by atoms with Crippen molar-refractivity contribution in [2.24, 2.45) is 0 Å². The van der Waals surface area contributed by atoms with E-state index in [1.165, 1.54) is 15.9 Å². The summed E-state index contributed by atoms with van der Waals surface area (Å²) in [5, 5.41) is 4.62. The van der Waals surface area contributed by atoms with Crippen LogP contribution in [0.4, 0.5) is 0 Å². The molecule has 0 aliphatic heterocycles. The van der Waals surface area contributed by atoms with Crippen molar-refractivity contribution in [1.29, 1.82) is 0 Å². The second-order valence-electron chi connectivity index (χ2n) is 5.22. The first-order valence-electron chi connectivity index (χ1n) is 6.98. The summed E-state index contributed by atoms with van der Waals surface area (Å²) in [6.07, 6.45) is 0. The SMILES string of the molecule is [K][PH](c1ccccc1)(c1ccccc1)c1ccccc1.[Pd]. The maximum absolute atomic E-state index is 2.32. The molecule has 0 aliphatic rings. The molecule has 0 bridgehead atoms. The summed E-state index contributed by atoms with van der Waals surface area (Å²) in [5.74, 6) is 0. The van der Waals surface area contributed by atoms with Gasteiger partial charge in [0.25, 0.3) is 0 Å². The molecule has 0 atom stereocenters. The molecular formula is C18H16KPPd. The molecule has 104 valence electrons. The van der Waals surface area contributed by atoms with Crippen LogP contribution < -0.4 is 15.9 Å². The van der Waals surface area contributed by atoms with Crippen LogP contribution in [-0.2, 0) is 20.4 Å². The average molecular weight is 409 g/mol. The van der Waals surface area contributed by atoms with Crippen molar-refractivity contribution in [3.63, 3.8) is 0 Å². The summed E-state index contributed by atoms with van der Waals surface area (Å²) < 4.78 is -1.69. The molecule has 3 aromatic carbocycles. The summed E-state index contributed by atoms with van der Waals surface area (Å²) in [4.78, 5) is 0. The van der Waals surface area contributed by atoms with Crippen molar-refractivity contribution < 1.29 is 20.4 Å². The maximum Gasteiger partial charge on any atom is 0 e. The molecule has 0 saturated carbocycles. The molecule has 0 aliphatic carbocycles. The Morgan fingerprint density at radius 1 is 0.476 bits per heavy atom. The van der Waals surface area contributed by atoms with Crippen LogP contribution in [0.1, 0.15) is 0 Å². The largest absolute Gasteiger partial charge is 0 e. The third kappa shape index (κ3) is 3.84. The van der Waals surface area contributed by atoms with Crippen molar-refractivity contribution in [2.75, 3.05) is 0 Å². The molecule has 0 radical (unpaired) electrons. The first-order chi connectivity index (χ1) is 9.82. The molecule has 0 saturated heterocycles. The van der Waals surface area contributed by atoms with Gasteiger partial charge in [0.15, 0.2) is 0 Å². The number of hydrogen-bond donors (Lipinski definition) is 0. The molecule has 0 fully saturated rings. The van der Waals surface area contributed by atoms with Crippen molar-refractivity contribution in [3.8, 4) is 0 Å². The monoisotopic (exact) mass is 408 g/mol. The van der Waals surface area contributed by atoms with Gasteiger partial charge in [-0.25, -0.2) is 0 Å². The Balaban J connectivity index is 0.00000161. The van der Waals surface area contributed by atoms with E-state index in [0.717, 1.165) is 48.1 Å². The van der Waals surface area contributed by atoms with Crippen molar-refractivity contribution in [3.05, 3.63) is 91.0 Å². The maximum atomic E-state index is 2.32. The second kappa shape index (κ2) is 8.30. The van der Waals surface area contributed by atoms with Gasteiger partial charge in [-0.15, -0.1) is 0 Å². The second-order valence-corrected chi connectivity index (χ2v) is 16.2. The number of hydrogen-bond acceptors (Lipinski definition) is 0. The van der Waals surface area contributed by atoms with Crippen LogP contribution in [0, 0.1) is 0 Å². The van der Waals surface area contributed by atoms with Gasteiger partial charge in [0.1, 0.15) is 0 Å². The van der Waals surface area contributed by atoms with Crippen molar-refractivity contribution in [2.45, 2.75) is 0 Å². The molecular weight excluding hydrogens is 393 g/mol. The van der Waals surface area contributed by atoms with E-state index in [9.17, 15) is 0 Å². The van der Waals surface area contributed by atoms with E-state index in [2.05, 4.69) is 91.0 Å². The molecule has 0 spiro atoms. The fraction of sp³-hybridized carbons (Fsp3) is 0. The van der Waals surface area contributed by atoms with Crippen LogP contribution in [0.2, 0.25) is 0 Å². The zero-order valence-electron chi connectivity index (χ0n) is 12.0. The van der Waals surface area contributed by atoms with E-state index in [-0.39, 0.29) is 20.4 Å². The quantitative estimate of drug-likeness (QED) is 0.462. The van der Waals surface area contributed by atoms with Gasteiger partial charge in [0.05, 0.1) is 0 Å². The van der Waals surface area contributed by atoms with Crippen LogP contribution in [0.15, 0.2) is 91.0 Å². The molecule has 0 aromatic heterocycles. The Bertz CT molecular complexity index is 575. The third-order valence-electron chi connectivity index (χ3n) is 4.05. The first kappa shape index (κ1) is 17.7.